The molecule has 0 aliphatic heterocycles. The molecule has 0 saturated heterocycles. The molecule has 0 aliphatic rings. The maximum atomic E-state index is 11.6. The quantitative estimate of drug-likeness (QED) is 0.596. The molecule has 0 saturated carbocycles. The van der Waals surface area contributed by atoms with Gasteiger partial charge in [0.25, 0.3) is 0 Å². The Balaban J connectivity index is 1.85. The molecule has 19 heavy (non-hydrogen) atoms. The van der Waals surface area contributed by atoms with Crippen LogP contribution in [0.4, 0.5) is 0 Å². The summed E-state index contributed by atoms with van der Waals surface area (Å²) in [5.41, 5.74) is 0.916. The van der Waals surface area contributed by atoms with Gasteiger partial charge in [-0.25, -0.2) is 9.67 Å². The summed E-state index contributed by atoms with van der Waals surface area (Å²) in [6.07, 6.45) is 1.33. The molecule has 0 N–H and O–H groups in total. The first-order chi connectivity index (χ1) is 9.15. The number of nitrogens with zero attached hydrogens (tertiary/aromatic N) is 3. The first kappa shape index (κ1) is 12.9. The molecule has 0 spiro atoms. The number of carbonyl (C=O) groups is 2. The van der Waals surface area contributed by atoms with Crippen LogP contribution in [0.2, 0.25) is 0 Å². The highest BCUT2D eigenvalue weighted by atomic mass is 16.5. The standard InChI is InChI=1S/C13H13N3O3/c1-10(17)13-14-9-16(15-13)7-12(18)19-8-11-5-3-2-4-6-11/h2-6,9H,7-8H2,1H3. The summed E-state index contributed by atoms with van der Waals surface area (Å²) in [6.45, 7) is 1.52. The molecule has 6 heteroatoms. The van der Waals surface area contributed by atoms with Gasteiger partial charge in [0.15, 0.2) is 5.78 Å². The van der Waals surface area contributed by atoms with Crippen LogP contribution in [0.1, 0.15) is 23.1 Å². The molecule has 98 valence electrons. The molecule has 0 radical (unpaired) electrons. The molecule has 1 heterocycles. The predicted octanol–water partition coefficient (Wildman–Crippen LogP) is 1.22. The normalized spacial score (nSPS) is 10.2. The number of ether oxygens (including phenoxy) is 1. The molecule has 1 aromatic heterocycles. The molecule has 2 aromatic rings. The topological polar surface area (TPSA) is 74.1 Å². The number of aromatic nitrogens is 3. The lowest BCUT2D eigenvalue weighted by molar-refractivity contribution is -0.145. The Morgan fingerprint density at radius 2 is 2.00 bits per heavy atom. The Kier molecular flexibility index (Phi) is 4.02. The maximum absolute atomic E-state index is 11.6. The zero-order chi connectivity index (χ0) is 13.7. The molecule has 0 bridgehead atoms. The zero-order valence-electron chi connectivity index (χ0n) is 10.4. The van der Waals surface area contributed by atoms with E-state index in [-0.39, 0.29) is 24.8 Å². The lowest BCUT2D eigenvalue weighted by atomic mass is 10.2. The van der Waals surface area contributed by atoms with E-state index in [1.165, 1.54) is 17.9 Å². The fraction of sp³-hybridized carbons (Fsp3) is 0.231. The van der Waals surface area contributed by atoms with Gasteiger partial charge in [-0.2, -0.15) is 0 Å². The van der Waals surface area contributed by atoms with E-state index in [4.69, 9.17) is 4.74 Å². The van der Waals surface area contributed by atoms with E-state index in [1.54, 1.807) is 0 Å². The van der Waals surface area contributed by atoms with Crippen LogP contribution in [-0.2, 0) is 22.7 Å². The molecule has 2 rings (SSSR count). The molecule has 0 aliphatic carbocycles. The number of carbonyl (C=O) groups excluding carboxylic acids is 2. The minimum absolute atomic E-state index is 0.0624. The Morgan fingerprint density at radius 3 is 2.63 bits per heavy atom. The lowest BCUT2D eigenvalue weighted by Gasteiger charge is -2.04. The molecular formula is C13H13N3O3. The van der Waals surface area contributed by atoms with E-state index in [2.05, 4.69) is 10.1 Å². The van der Waals surface area contributed by atoms with Gasteiger partial charge in [-0.1, -0.05) is 30.3 Å². The summed E-state index contributed by atoms with van der Waals surface area (Å²) in [5, 5.41) is 3.86. The number of esters is 1. The molecule has 0 amide bonds. The van der Waals surface area contributed by atoms with Crippen LogP contribution in [0.5, 0.6) is 0 Å². The summed E-state index contributed by atoms with van der Waals surface area (Å²) in [5.74, 6) is -0.573. The highest BCUT2D eigenvalue weighted by Crippen LogP contribution is 2.01. The van der Waals surface area contributed by atoms with Crippen LogP contribution in [0.25, 0.3) is 0 Å². The third-order valence-electron chi connectivity index (χ3n) is 2.39. The van der Waals surface area contributed by atoms with Gasteiger partial charge in [-0.05, 0) is 5.56 Å². The van der Waals surface area contributed by atoms with Crippen LogP contribution in [0.3, 0.4) is 0 Å². The van der Waals surface area contributed by atoms with Crippen molar-refractivity contribution >= 4 is 11.8 Å². The van der Waals surface area contributed by atoms with Crippen molar-refractivity contribution in [2.45, 2.75) is 20.1 Å². The fourth-order valence-corrected chi connectivity index (χ4v) is 1.45. The molecule has 0 atom stereocenters. The first-order valence-corrected chi connectivity index (χ1v) is 5.75. The van der Waals surface area contributed by atoms with Gasteiger partial charge in [-0.15, -0.1) is 5.10 Å². The second-order valence-corrected chi connectivity index (χ2v) is 3.97. The number of benzene rings is 1. The molecule has 0 fully saturated rings. The van der Waals surface area contributed by atoms with Crippen molar-refractivity contribution in [2.75, 3.05) is 0 Å². The van der Waals surface area contributed by atoms with Gasteiger partial charge in [0.05, 0.1) is 0 Å². The van der Waals surface area contributed by atoms with Gasteiger partial charge < -0.3 is 4.74 Å². The second kappa shape index (κ2) is 5.90. The number of ketones is 1. The summed E-state index contributed by atoms with van der Waals surface area (Å²) in [6, 6.07) is 9.39. The number of hydrogen-bond acceptors (Lipinski definition) is 5. The van der Waals surface area contributed by atoms with Crippen molar-refractivity contribution in [3.8, 4) is 0 Å². The number of Topliss-reactive ketones (excluding diaryl/α,β-unsaturated/α-hetero) is 1. The van der Waals surface area contributed by atoms with Crippen molar-refractivity contribution < 1.29 is 14.3 Å². The van der Waals surface area contributed by atoms with Crippen molar-refractivity contribution in [2.24, 2.45) is 0 Å². The fourth-order valence-electron chi connectivity index (χ4n) is 1.45. The Bertz CT molecular complexity index is 578. The summed E-state index contributed by atoms with van der Waals surface area (Å²) in [7, 11) is 0. The van der Waals surface area contributed by atoms with E-state index >= 15 is 0 Å². The van der Waals surface area contributed by atoms with E-state index in [1.807, 2.05) is 30.3 Å². The average Bonchev–Trinajstić information content (AvgIpc) is 2.86. The molecular weight excluding hydrogens is 246 g/mol. The van der Waals surface area contributed by atoms with Gasteiger partial charge in [0.1, 0.15) is 19.5 Å². The molecule has 6 nitrogen and oxygen atoms in total. The number of rotatable bonds is 5. The predicted molar refractivity (Wildman–Crippen MR) is 66.3 cm³/mol. The monoisotopic (exact) mass is 259 g/mol. The smallest absolute Gasteiger partial charge is 0.328 e. The van der Waals surface area contributed by atoms with Crippen LogP contribution in [-0.4, -0.2) is 26.5 Å². The largest absolute Gasteiger partial charge is 0.459 e. The van der Waals surface area contributed by atoms with Gasteiger partial charge >= 0.3 is 5.97 Å². The Labute approximate surface area is 110 Å². The summed E-state index contributed by atoms with van der Waals surface area (Å²) < 4.78 is 6.37. The summed E-state index contributed by atoms with van der Waals surface area (Å²) in [4.78, 5) is 26.4. The highest BCUT2D eigenvalue weighted by molar-refractivity contribution is 5.89. The van der Waals surface area contributed by atoms with E-state index in [0.29, 0.717) is 0 Å². The van der Waals surface area contributed by atoms with Crippen molar-refractivity contribution in [1.82, 2.24) is 14.8 Å². The van der Waals surface area contributed by atoms with E-state index in [0.717, 1.165) is 5.56 Å². The maximum Gasteiger partial charge on any atom is 0.328 e. The van der Waals surface area contributed by atoms with Gasteiger partial charge in [0, 0.05) is 6.92 Å². The lowest BCUT2D eigenvalue weighted by Crippen LogP contribution is -2.14. The third-order valence-corrected chi connectivity index (χ3v) is 2.39. The SMILES string of the molecule is CC(=O)c1ncn(CC(=O)OCc2ccccc2)n1. The zero-order valence-corrected chi connectivity index (χ0v) is 10.4. The van der Waals surface area contributed by atoms with Crippen LogP contribution in [0, 0.1) is 0 Å². The minimum Gasteiger partial charge on any atom is -0.459 e. The minimum atomic E-state index is -0.427. The first-order valence-electron chi connectivity index (χ1n) is 5.75. The van der Waals surface area contributed by atoms with E-state index in [9.17, 15) is 9.59 Å². The average molecular weight is 259 g/mol. The van der Waals surface area contributed by atoms with Gasteiger partial charge in [-0.3, -0.25) is 9.59 Å². The van der Waals surface area contributed by atoms with Crippen LogP contribution in [0.15, 0.2) is 36.7 Å². The van der Waals surface area contributed by atoms with Crippen molar-refractivity contribution in [3.05, 3.63) is 48.0 Å². The second-order valence-electron chi connectivity index (χ2n) is 3.97. The van der Waals surface area contributed by atoms with E-state index < -0.39 is 5.97 Å². The van der Waals surface area contributed by atoms with Crippen molar-refractivity contribution in [1.29, 1.82) is 0 Å². The summed E-state index contributed by atoms with van der Waals surface area (Å²) >= 11 is 0. The van der Waals surface area contributed by atoms with Crippen LogP contribution < -0.4 is 0 Å². The Hall–Kier alpha value is -2.50. The van der Waals surface area contributed by atoms with Gasteiger partial charge in [0.2, 0.25) is 5.82 Å². The Morgan fingerprint density at radius 1 is 1.26 bits per heavy atom. The highest BCUT2D eigenvalue weighted by Gasteiger charge is 2.09. The van der Waals surface area contributed by atoms with Crippen molar-refractivity contribution in [3.63, 3.8) is 0 Å². The third kappa shape index (κ3) is 3.74. The molecule has 0 unspecified atom stereocenters. The molecule has 1 aromatic carbocycles. The number of hydrogen-bond donors (Lipinski definition) is 0. The van der Waals surface area contributed by atoms with Crippen LogP contribution >= 0.6 is 0 Å².